The zero-order valence-electron chi connectivity index (χ0n) is 12.0. The number of hydrogen-bond donors (Lipinski definition) is 2. The van der Waals surface area contributed by atoms with E-state index in [0.29, 0.717) is 17.9 Å². The van der Waals surface area contributed by atoms with Crippen molar-refractivity contribution in [3.8, 4) is 11.5 Å². The third kappa shape index (κ3) is 3.66. The van der Waals surface area contributed by atoms with Crippen LogP contribution < -0.4 is 15.2 Å². The Morgan fingerprint density at radius 3 is 2.71 bits per heavy atom. The van der Waals surface area contributed by atoms with E-state index < -0.39 is 0 Å². The molecule has 0 amide bonds. The van der Waals surface area contributed by atoms with Crippen molar-refractivity contribution in [1.29, 1.82) is 0 Å². The van der Waals surface area contributed by atoms with Crippen molar-refractivity contribution in [1.82, 2.24) is 0 Å². The van der Waals surface area contributed by atoms with Gasteiger partial charge in [-0.15, -0.1) is 0 Å². The van der Waals surface area contributed by atoms with Gasteiger partial charge in [-0.05, 0) is 42.3 Å². The van der Waals surface area contributed by atoms with Gasteiger partial charge < -0.3 is 20.4 Å². The quantitative estimate of drug-likeness (QED) is 0.383. The van der Waals surface area contributed by atoms with Crippen LogP contribution in [0, 0.1) is 6.92 Å². The van der Waals surface area contributed by atoms with Crippen molar-refractivity contribution in [2.75, 3.05) is 7.11 Å². The summed E-state index contributed by atoms with van der Waals surface area (Å²) in [5.74, 6) is 1.36. The zero-order chi connectivity index (χ0) is 15.2. The standard InChI is InChI=1S/C16H18N2O3/c1-11-4-3-5-13(8-11)21-10-12-6-7-14(16(17)18-19)15(9-12)20-2/h3-9,19H,10H2,1-2H3,(H2,17,18). The zero-order valence-corrected chi connectivity index (χ0v) is 12.0. The minimum absolute atomic E-state index is 0.0120. The molecule has 21 heavy (non-hydrogen) atoms. The number of aryl methyl sites for hydroxylation is 1. The molecule has 0 saturated heterocycles. The summed E-state index contributed by atoms with van der Waals surface area (Å²) in [7, 11) is 1.54. The minimum Gasteiger partial charge on any atom is -0.496 e. The first-order valence-corrected chi connectivity index (χ1v) is 6.48. The normalized spacial score (nSPS) is 11.2. The lowest BCUT2D eigenvalue weighted by molar-refractivity contribution is 0.305. The van der Waals surface area contributed by atoms with Crippen LogP contribution in [0.25, 0.3) is 0 Å². The Labute approximate surface area is 123 Å². The van der Waals surface area contributed by atoms with Crippen LogP contribution in [-0.2, 0) is 6.61 Å². The molecule has 3 N–H and O–H groups in total. The van der Waals surface area contributed by atoms with Gasteiger partial charge in [0, 0.05) is 0 Å². The molecule has 0 bridgehead atoms. The van der Waals surface area contributed by atoms with Crippen LogP contribution in [-0.4, -0.2) is 18.2 Å². The molecule has 0 fully saturated rings. The van der Waals surface area contributed by atoms with Gasteiger partial charge in [0.2, 0.25) is 0 Å². The first-order chi connectivity index (χ1) is 10.1. The first-order valence-electron chi connectivity index (χ1n) is 6.48. The number of benzene rings is 2. The molecule has 5 heteroatoms. The maximum atomic E-state index is 8.74. The van der Waals surface area contributed by atoms with Gasteiger partial charge in [0.1, 0.15) is 18.1 Å². The smallest absolute Gasteiger partial charge is 0.173 e. The Kier molecular flexibility index (Phi) is 4.66. The van der Waals surface area contributed by atoms with E-state index in [9.17, 15) is 0 Å². The molecule has 5 nitrogen and oxygen atoms in total. The van der Waals surface area contributed by atoms with Crippen LogP contribution in [0.15, 0.2) is 47.6 Å². The molecule has 110 valence electrons. The van der Waals surface area contributed by atoms with Gasteiger partial charge in [-0.25, -0.2) is 0 Å². The fourth-order valence-corrected chi connectivity index (χ4v) is 1.96. The average molecular weight is 286 g/mol. The summed E-state index contributed by atoms with van der Waals surface area (Å²) in [6.07, 6.45) is 0. The predicted octanol–water partition coefficient (Wildman–Crippen LogP) is 2.68. The monoisotopic (exact) mass is 286 g/mol. The molecular formula is C16H18N2O3. The number of rotatable bonds is 5. The second kappa shape index (κ2) is 6.65. The van der Waals surface area contributed by atoms with Crippen LogP contribution in [0.2, 0.25) is 0 Å². The third-order valence-corrected chi connectivity index (χ3v) is 3.04. The van der Waals surface area contributed by atoms with Crippen molar-refractivity contribution >= 4 is 5.84 Å². The highest BCUT2D eigenvalue weighted by Crippen LogP contribution is 2.21. The van der Waals surface area contributed by atoms with Crippen LogP contribution in [0.3, 0.4) is 0 Å². The Hall–Kier alpha value is -2.69. The maximum Gasteiger partial charge on any atom is 0.173 e. The maximum absolute atomic E-state index is 8.74. The van der Waals surface area contributed by atoms with E-state index >= 15 is 0 Å². The highest BCUT2D eigenvalue weighted by atomic mass is 16.5. The first kappa shape index (κ1) is 14.7. The molecule has 2 rings (SSSR count). The van der Waals surface area contributed by atoms with Gasteiger partial charge >= 0.3 is 0 Å². The molecule has 2 aromatic rings. The van der Waals surface area contributed by atoms with Gasteiger partial charge in [0.05, 0.1) is 12.7 Å². The highest BCUT2D eigenvalue weighted by Gasteiger charge is 2.09. The molecule has 0 aliphatic carbocycles. The Morgan fingerprint density at radius 1 is 1.24 bits per heavy atom. The molecule has 0 aliphatic heterocycles. The van der Waals surface area contributed by atoms with E-state index in [2.05, 4.69) is 5.16 Å². The van der Waals surface area contributed by atoms with Crippen molar-refractivity contribution < 1.29 is 14.7 Å². The molecule has 2 aromatic carbocycles. The van der Waals surface area contributed by atoms with Gasteiger partial charge in [-0.3, -0.25) is 0 Å². The van der Waals surface area contributed by atoms with Gasteiger partial charge in [-0.2, -0.15) is 0 Å². The summed E-state index contributed by atoms with van der Waals surface area (Å²) in [6, 6.07) is 13.3. The van der Waals surface area contributed by atoms with E-state index in [-0.39, 0.29) is 5.84 Å². The molecule has 0 radical (unpaired) electrons. The van der Waals surface area contributed by atoms with E-state index in [1.54, 1.807) is 6.07 Å². The van der Waals surface area contributed by atoms with Crippen LogP contribution >= 0.6 is 0 Å². The lowest BCUT2D eigenvalue weighted by atomic mass is 10.1. The molecule has 0 atom stereocenters. The topological polar surface area (TPSA) is 77.1 Å². The van der Waals surface area contributed by atoms with Crippen molar-refractivity contribution in [3.05, 3.63) is 59.2 Å². The van der Waals surface area contributed by atoms with E-state index in [1.165, 1.54) is 7.11 Å². The van der Waals surface area contributed by atoms with Gasteiger partial charge in [-0.1, -0.05) is 23.4 Å². The lowest BCUT2D eigenvalue weighted by Crippen LogP contribution is -2.14. The molecule has 0 aliphatic rings. The SMILES string of the molecule is COc1cc(COc2cccc(C)c2)ccc1/C(N)=N/O. The van der Waals surface area contributed by atoms with E-state index in [0.717, 1.165) is 16.9 Å². The Bertz CT molecular complexity index is 654. The number of oxime groups is 1. The predicted molar refractivity (Wildman–Crippen MR) is 81.0 cm³/mol. The summed E-state index contributed by atoms with van der Waals surface area (Å²) in [5, 5.41) is 11.7. The van der Waals surface area contributed by atoms with Crippen LogP contribution in [0.5, 0.6) is 11.5 Å². The van der Waals surface area contributed by atoms with E-state index in [4.69, 9.17) is 20.4 Å². The number of nitrogens with two attached hydrogens (primary N) is 1. The molecule has 0 unspecified atom stereocenters. The average Bonchev–Trinajstić information content (AvgIpc) is 2.52. The number of amidine groups is 1. The molecule has 0 spiro atoms. The number of methoxy groups -OCH3 is 1. The van der Waals surface area contributed by atoms with Crippen LogP contribution in [0.4, 0.5) is 0 Å². The molecule has 0 heterocycles. The fraction of sp³-hybridized carbons (Fsp3) is 0.188. The van der Waals surface area contributed by atoms with Gasteiger partial charge in [0.15, 0.2) is 5.84 Å². The molecular weight excluding hydrogens is 268 g/mol. The van der Waals surface area contributed by atoms with Gasteiger partial charge in [0.25, 0.3) is 0 Å². The number of hydrogen-bond acceptors (Lipinski definition) is 4. The number of nitrogens with zero attached hydrogens (tertiary/aromatic N) is 1. The summed E-state index contributed by atoms with van der Waals surface area (Å²) in [4.78, 5) is 0. The lowest BCUT2D eigenvalue weighted by Gasteiger charge is -2.11. The summed E-state index contributed by atoms with van der Waals surface area (Å²) < 4.78 is 11.0. The van der Waals surface area contributed by atoms with Crippen LogP contribution in [0.1, 0.15) is 16.7 Å². The highest BCUT2D eigenvalue weighted by molar-refractivity contribution is 5.99. The Balaban J connectivity index is 2.14. The second-order valence-electron chi connectivity index (χ2n) is 4.63. The molecule has 0 aromatic heterocycles. The largest absolute Gasteiger partial charge is 0.496 e. The third-order valence-electron chi connectivity index (χ3n) is 3.04. The minimum atomic E-state index is 0.0120. The van der Waals surface area contributed by atoms with E-state index in [1.807, 2.05) is 43.3 Å². The van der Waals surface area contributed by atoms with Crippen molar-refractivity contribution in [2.24, 2.45) is 10.9 Å². The Morgan fingerprint density at radius 2 is 2.05 bits per heavy atom. The summed E-state index contributed by atoms with van der Waals surface area (Å²) in [6.45, 7) is 2.43. The second-order valence-corrected chi connectivity index (χ2v) is 4.63. The summed E-state index contributed by atoms with van der Waals surface area (Å²) >= 11 is 0. The van der Waals surface area contributed by atoms with Crippen molar-refractivity contribution in [2.45, 2.75) is 13.5 Å². The molecule has 0 saturated carbocycles. The van der Waals surface area contributed by atoms with Crippen molar-refractivity contribution in [3.63, 3.8) is 0 Å². The summed E-state index contributed by atoms with van der Waals surface area (Å²) in [5.41, 5.74) is 8.21. The fourth-order valence-electron chi connectivity index (χ4n) is 1.96. The number of ether oxygens (including phenoxy) is 2.